The van der Waals surface area contributed by atoms with Crippen LogP contribution in [0.2, 0.25) is 0 Å². The van der Waals surface area contributed by atoms with Gasteiger partial charge in [0, 0.05) is 24.7 Å². The fourth-order valence-electron chi connectivity index (χ4n) is 1.97. The van der Waals surface area contributed by atoms with E-state index in [0.29, 0.717) is 5.56 Å². The second-order valence-electron chi connectivity index (χ2n) is 4.74. The lowest BCUT2D eigenvalue weighted by Gasteiger charge is -2.08. The van der Waals surface area contributed by atoms with Crippen LogP contribution in [-0.4, -0.2) is 32.3 Å². The molecular formula is C15H15N3O5S. The first-order valence-electron chi connectivity index (χ1n) is 6.98. The van der Waals surface area contributed by atoms with Gasteiger partial charge in [0.25, 0.3) is 11.6 Å². The molecule has 0 aliphatic carbocycles. The smallest absolute Gasteiger partial charge is 0.289 e. The zero-order valence-corrected chi connectivity index (χ0v) is 13.3. The van der Waals surface area contributed by atoms with Gasteiger partial charge in [0.15, 0.2) is 4.90 Å². The third-order valence-electron chi connectivity index (χ3n) is 3.09. The number of carbonyl (C=O) groups excluding carboxylic acids is 1. The summed E-state index contributed by atoms with van der Waals surface area (Å²) >= 11 is 0. The first kappa shape index (κ1) is 17.6. The van der Waals surface area contributed by atoms with Crippen molar-refractivity contribution in [2.45, 2.75) is 4.90 Å². The summed E-state index contributed by atoms with van der Waals surface area (Å²) < 4.78 is 26.5. The number of nitro groups is 1. The Balaban J connectivity index is 1.94. The number of nitrogens with one attached hydrogen (secondary N) is 2. The maximum absolute atomic E-state index is 12.1. The van der Waals surface area contributed by atoms with E-state index in [4.69, 9.17) is 0 Å². The summed E-state index contributed by atoms with van der Waals surface area (Å²) in [6, 6.07) is 13.5. The van der Waals surface area contributed by atoms with E-state index < -0.39 is 25.5 Å². The number of hydrogen-bond acceptors (Lipinski definition) is 5. The Bertz CT molecular complexity index is 837. The van der Waals surface area contributed by atoms with Crippen LogP contribution in [0.4, 0.5) is 5.69 Å². The Kier molecular flexibility index (Phi) is 5.61. The molecule has 2 rings (SSSR count). The fraction of sp³-hybridized carbons (Fsp3) is 0.133. The first-order chi connectivity index (χ1) is 11.4. The zero-order chi connectivity index (χ0) is 17.6. The number of nitro benzene ring substituents is 1. The molecule has 0 fully saturated rings. The van der Waals surface area contributed by atoms with Gasteiger partial charge in [-0.05, 0) is 18.2 Å². The molecule has 0 radical (unpaired) electrons. The Hall–Kier alpha value is -2.78. The van der Waals surface area contributed by atoms with E-state index in [1.54, 1.807) is 30.3 Å². The second kappa shape index (κ2) is 7.66. The Morgan fingerprint density at radius 3 is 2.29 bits per heavy atom. The molecule has 0 saturated carbocycles. The molecule has 2 N–H and O–H groups in total. The highest BCUT2D eigenvalue weighted by Gasteiger charge is 2.24. The molecule has 0 spiro atoms. The van der Waals surface area contributed by atoms with Gasteiger partial charge in [-0.25, -0.2) is 13.1 Å². The van der Waals surface area contributed by atoms with E-state index in [0.717, 1.165) is 12.1 Å². The number of hydrogen-bond donors (Lipinski definition) is 2. The molecule has 2 aromatic carbocycles. The van der Waals surface area contributed by atoms with Gasteiger partial charge in [0.2, 0.25) is 10.0 Å². The summed E-state index contributed by atoms with van der Waals surface area (Å²) in [5.41, 5.74) is -0.0441. The van der Waals surface area contributed by atoms with E-state index in [2.05, 4.69) is 10.0 Å². The Morgan fingerprint density at radius 2 is 1.62 bits per heavy atom. The third-order valence-corrected chi connectivity index (χ3v) is 4.60. The number of sulfonamides is 1. The summed E-state index contributed by atoms with van der Waals surface area (Å²) in [5.74, 6) is -0.333. The van der Waals surface area contributed by atoms with Crippen LogP contribution in [0.25, 0.3) is 0 Å². The largest absolute Gasteiger partial charge is 0.351 e. The first-order valence-corrected chi connectivity index (χ1v) is 8.46. The van der Waals surface area contributed by atoms with Crippen molar-refractivity contribution < 1.29 is 18.1 Å². The summed E-state index contributed by atoms with van der Waals surface area (Å²) in [4.78, 5) is 21.5. The van der Waals surface area contributed by atoms with Gasteiger partial charge in [0.1, 0.15) is 0 Å². The molecule has 0 aliphatic rings. The van der Waals surface area contributed by atoms with Crippen LogP contribution in [0.3, 0.4) is 0 Å². The van der Waals surface area contributed by atoms with E-state index in [1.807, 2.05) is 0 Å². The summed E-state index contributed by atoms with van der Waals surface area (Å²) in [5, 5.41) is 13.5. The molecule has 0 aromatic heterocycles. The highest BCUT2D eigenvalue weighted by Crippen LogP contribution is 2.22. The number of carbonyl (C=O) groups is 1. The Morgan fingerprint density at radius 1 is 1.00 bits per heavy atom. The van der Waals surface area contributed by atoms with Crippen LogP contribution in [0.15, 0.2) is 59.5 Å². The van der Waals surface area contributed by atoms with E-state index in [9.17, 15) is 23.3 Å². The van der Waals surface area contributed by atoms with Crippen LogP contribution in [0, 0.1) is 10.1 Å². The third kappa shape index (κ3) is 4.37. The molecule has 0 atom stereocenters. The molecule has 2 aromatic rings. The average Bonchev–Trinajstić information content (AvgIpc) is 2.59. The topological polar surface area (TPSA) is 118 Å². The lowest BCUT2D eigenvalue weighted by molar-refractivity contribution is -0.387. The van der Waals surface area contributed by atoms with Crippen molar-refractivity contribution in [2.24, 2.45) is 0 Å². The molecule has 126 valence electrons. The molecule has 0 saturated heterocycles. The van der Waals surface area contributed by atoms with Crippen LogP contribution in [0.1, 0.15) is 10.4 Å². The second-order valence-corrected chi connectivity index (χ2v) is 6.48. The number of rotatable bonds is 7. The molecular weight excluding hydrogens is 334 g/mol. The van der Waals surface area contributed by atoms with Crippen molar-refractivity contribution in [3.63, 3.8) is 0 Å². The lowest BCUT2D eigenvalue weighted by atomic mass is 10.2. The van der Waals surface area contributed by atoms with Gasteiger partial charge < -0.3 is 5.32 Å². The van der Waals surface area contributed by atoms with Crippen molar-refractivity contribution in [3.8, 4) is 0 Å². The average molecular weight is 349 g/mol. The van der Waals surface area contributed by atoms with Crippen molar-refractivity contribution in [2.75, 3.05) is 13.1 Å². The van der Waals surface area contributed by atoms with E-state index in [-0.39, 0.29) is 19.0 Å². The quantitative estimate of drug-likeness (QED) is 0.444. The molecule has 0 heterocycles. The van der Waals surface area contributed by atoms with Gasteiger partial charge in [-0.15, -0.1) is 0 Å². The minimum absolute atomic E-state index is 0.0492. The molecule has 1 amide bonds. The monoisotopic (exact) mass is 349 g/mol. The number of amides is 1. The van der Waals surface area contributed by atoms with Crippen LogP contribution < -0.4 is 10.0 Å². The maximum Gasteiger partial charge on any atom is 0.289 e. The SMILES string of the molecule is O=C(NCCNS(=O)(=O)c1ccccc1[N+](=O)[O-])c1ccccc1. The van der Waals surface area contributed by atoms with Crippen molar-refractivity contribution in [3.05, 3.63) is 70.3 Å². The Labute approximate surface area is 138 Å². The molecule has 9 heteroatoms. The number of nitrogens with zero attached hydrogens (tertiary/aromatic N) is 1. The van der Waals surface area contributed by atoms with Crippen molar-refractivity contribution in [1.29, 1.82) is 0 Å². The van der Waals surface area contributed by atoms with Gasteiger partial charge in [-0.1, -0.05) is 30.3 Å². The molecule has 24 heavy (non-hydrogen) atoms. The molecule has 8 nitrogen and oxygen atoms in total. The number of para-hydroxylation sites is 1. The standard InChI is InChI=1S/C15H15N3O5S/c19-15(12-6-2-1-3-7-12)16-10-11-17-24(22,23)14-9-5-4-8-13(14)18(20)21/h1-9,17H,10-11H2,(H,16,19). The minimum Gasteiger partial charge on any atom is -0.351 e. The van der Waals surface area contributed by atoms with E-state index >= 15 is 0 Å². The lowest BCUT2D eigenvalue weighted by Crippen LogP contribution is -2.34. The van der Waals surface area contributed by atoms with Crippen LogP contribution in [-0.2, 0) is 10.0 Å². The minimum atomic E-state index is -4.04. The van der Waals surface area contributed by atoms with E-state index in [1.165, 1.54) is 12.1 Å². The van der Waals surface area contributed by atoms with Gasteiger partial charge in [0.05, 0.1) is 4.92 Å². The van der Waals surface area contributed by atoms with Gasteiger partial charge in [-0.2, -0.15) is 0 Å². The van der Waals surface area contributed by atoms with Gasteiger partial charge in [-0.3, -0.25) is 14.9 Å². The zero-order valence-electron chi connectivity index (χ0n) is 12.5. The molecule has 0 bridgehead atoms. The summed E-state index contributed by atoms with van der Waals surface area (Å²) in [6.45, 7) is -0.0411. The van der Waals surface area contributed by atoms with Crippen LogP contribution in [0.5, 0.6) is 0 Å². The van der Waals surface area contributed by atoms with Gasteiger partial charge >= 0.3 is 0 Å². The fourth-order valence-corrected chi connectivity index (χ4v) is 3.17. The van der Waals surface area contributed by atoms with Crippen LogP contribution >= 0.6 is 0 Å². The highest BCUT2D eigenvalue weighted by molar-refractivity contribution is 7.89. The maximum atomic E-state index is 12.1. The summed E-state index contributed by atoms with van der Waals surface area (Å²) in [6.07, 6.45) is 0. The molecule has 0 unspecified atom stereocenters. The van der Waals surface area contributed by atoms with Crippen molar-refractivity contribution in [1.82, 2.24) is 10.0 Å². The predicted octanol–water partition coefficient (Wildman–Crippen LogP) is 1.30. The normalized spacial score (nSPS) is 11.0. The summed E-state index contributed by atoms with van der Waals surface area (Å²) in [7, 11) is -4.04. The number of benzene rings is 2. The predicted molar refractivity (Wildman–Crippen MR) is 87.1 cm³/mol. The van der Waals surface area contributed by atoms with Crippen molar-refractivity contribution >= 4 is 21.6 Å². The molecule has 0 aliphatic heterocycles. The highest BCUT2D eigenvalue weighted by atomic mass is 32.2.